The van der Waals surface area contributed by atoms with Crippen molar-refractivity contribution in [2.45, 2.75) is 13.5 Å². The minimum atomic E-state index is -0.404. The second-order valence-corrected chi connectivity index (χ2v) is 7.82. The Balaban J connectivity index is 1.49. The second kappa shape index (κ2) is 10.1. The zero-order chi connectivity index (χ0) is 24.1. The molecule has 0 N–H and O–H groups in total. The average molecular weight is 457 g/mol. The first-order chi connectivity index (χ1) is 16.5. The van der Waals surface area contributed by atoms with Crippen molar-refractivity contribution in [2.75, 3.05) is 31.2 Å². The Morgan fingerprint density at radius 3 is 2.53 bits per heavy atom. The zero-order valence-corrected chi connectivity index (χ0v) is 18.9. The minimum absolute atomic E-state index is 0.133. The molecule has 0 radical (unpaired) electrons. The normalized spacial score (nSPS) is 13.1. The van der Waals surface area contributed by atoms with Crippen molar-refractivity contribution in [3.63, 3.8) is 0 Å². The van der Waals surface area contributed by atoms with Crippen molar-refractivity contribution in [1.82, 2.24) is 9.55 Å². The number of aromatic nitrogens is 2. The van der Waals surface area contributed by atoms with Gasteiger partial charge in [0.05, 0.1) is 30.4 Å². The molecule has 2 heterocycles. The molecule has 1 aliphatic rings. The van der Waals surface area contributed by atoms with Crippen LogP contribution in [0.25, 0.3) is 0 Å². The number of nitriles is 2. The standard InChI is InChI=1S/C25H23N5O4/c1-17-11-21(5-4-19(17)14-26)34-22-6-3-18(12-20(22)15-27)16-33-23-13-24(29(2)25(31)28-23)30-7-9-32-10-8-30/h3-6,11-13H,7-10,16H2,1-2H3. The van der Waals surface area contributed by atoms with Crippen molar-refractivity contribution < 1.29 is 14.2 Å². The number of hydrogen-bond acceptors (Lipinski definition) is 8. The van der Waals surface area contributed by atoms with E-state index in [1.54, 1.807) is 49.5 Å². The molecule has 1 saturated heterocycles. The lowest BCUT2D eigenvalue weighted by Crippen LogP contribution is -2.39. The predicted octanol–water partition coefficient (Wildman–Crippen LogP) is 3.04. The van der Waals surface area contributed by atoms with Gasteiger partial charge >= 0.3 is 5.69 Å². The van der Waals surface area contributed by atoms with E-state index in [9.17, 15) is 10.1 Å². The average Bonchev–Trinajstić information content (AvgIpc) is 2.86. The summed E-state index contributed by atoms with van der Waals surface area (Å²) < 4.78 is 18.5. The van der Waals surface area contributed by atoms with Gasteiger partial charge in [-0.2, -0.15) is 15.5 Å². The Bertz CT molecular complexity index is 1350. The van der Waals surface area contributed by atoms with Crippen molar-refractivity contribution >= 4 is 5.82 Å². The highest BCUT2D eigenvalue weighted by Gasteiger charge is 2.17. The maximum Gasteiger partial charge on any atom is 0.352 e. The van der Waals surface area contributed by atoms with Crippen LogP contribution in [0.4, 0.5) is 5.82 Å². The van der Waals surface area contributed by atoms with Crippen molar-refractivity contribution in [3.8, 4) is 29.5 Å². The molecule has 0 spiro atoms. The fourth-order valence-electron chi connectivity index (χ4n) is 3.63. The molecule has 172 valence electrons. The number of ether oxygens (including phenoxy) is 3. The van der Waals surface area contributed by atoms with Gasteiger partial charge in [0.25, 0.3) is 0 Å². The molecule has 2 aromatic carbocycles. The van der Waals surface area contributed by atoms with Gasteiger partial charge in [0.1, 0.15) is 30.0 Å². The van der Waals surface area contributed by atoms with Gasteiger partial charge in [-0.15, -0.1) is 0 Å². The summed E-state index contributed by atoms with van der Waals surface area (Å²) in [4.78, 5) is 18.4. The van der Waals surface area contributed by atoms with Crippen LogP contribution < -0.4 is 20.1 Å². The van der Waals surface area contributed by atoms with Crippen LogP contribution in [0, 0.1) is 29.6 Å². The summed E-state index contributed by atoms with van der Waals surface area (Å²) in [5, 5.41) is 18.7. The van der Waals surface area contributed by atoms with Gasteiger partial charge in [-0.25, -0.2) is 4.79 Å². The van der Waals surface area contributed by atoms with E-state index in [1.807, 2.05) is 6.92 Å². The third-order valence-electron chi connectivity index (χ3n) is 5.52. The SMILES string of the molecule is Cc1cc(Oc2ccc(COc3cc(N4CCOCC4)n(C)c(=O)n3)cc2C#N)ccc1C#N. The first-order valence-electron chi connectivity index (χ1n) is 10.7. The van der Waals surface area contributed by atoms with E-state index >= 15 is 0 Å². The van der Waals surface area contributed by atoms with Gasteiger partial charge < -0.3 is 19.1 Å². The van der Waals surface area contributed by atoms with Crippen LogP contribution in [0.2, 0.25) is 0 Å². The summed E-state index contributed by atoms with van der Waals surface area (Å²) in [6.07, 6.45) is 0. The topological polar surface area (TPSA) is 113 Å². The van der Waals surface area contributed by atoms with E-state index in [2.05, 4.69) is 22.0 Å². The Morgan fingerprint density at radius 2 is 1.82 bits per heavy atom. The van der Waals surface area contributed by atoms with Crippen LogP contribution in [0.5, 0.6) is 17.4 Å². The Morgan fingerprint density at radius 1 is 1.06 bits per heavy atom. The maximum atomic E-state index is 12.3. The number of hydrogen-bond donors (Lipinski definition) is 0. The number of benzene rings is 2. The molecular weight excluding hydrogens is 434 g/mol. The fourth-order valence-corrected chi connectivity index (χ4v) is 3.63. The molecule has 3 aromatic rings. The van der Waals surface area contributed by atoms with E-state index in [0.29, 0.717) is 48.9 Å². The van der Waals surface area contributed by atoms with Gasteiger partial charge in [0, 0.05) is 26.2 Å². The van der Waals surface area contributed by atoms with E-state index in [4.69, 9.17) is 19.5 Å². The molecule has 1 aromatic heterocycles. The molecule has 9 nitrogen and oxygen atoms in total. The highest BCUT2D eigenvalue weighted by molar-refractivity contribution is 5.49. The molecule has 4 rings (SSSR count). The smallest absolute Gasteiger partial charge is 0.352 e. The molecule has 1 fully saturated rings. The van der Waals surface area contributed by atoms with Crippen LogP contribution in [0.3, 0.4) is 0 Å². The molecule has 0 saturated carbocycles. The van der Waals surface area contributed by atoms with Gasteiger partial charge in [0.15, 0.2) is 0 Å². The van der Waals surface area contributed by atoms with E-state index < -0.39 is 5.69 Å². The van der Waals surface area contributed by atoms with Crippen LogP contribution in [-0.4, -0.2) is 35.9 Å². The third-order valence-corrected chi connectivity index (χ3v) is 5.52. The quantitative estimate of drug-likeness (QED) is 0.555. The predicted molar refractivity (Wildman–Crippen MR) is 124 cm³/mol. The highest BCUT2D eigenvalue weighted by Crippen LogP contribution is 2.28. The van der Waals surface area contributed by atoms with Crippen LogP contribution in [0.15, 0.2) is 47.3 Å². The van der Waals surface area contributed by atoms with Gasteiger partial charge in [-0.3, -0.25) is 4.57 Å². The molecule has 0 unspecified atom stereocenters. The third kappa shape index (κ3) is 5.01. The maximum absolute atomic E-state index is 12.3. The fraction of sp³-hybridized carbons (Fsp3) is 0.280. The van der Waals surface area contributed by atoms with E-state index in [0.717, 1.165) is 16.9 Å². The zero-order valence-electron chi connectivity index (χ0n) is 18.9. The summed E-state index contributed by atoms with van der Waals surface area (Å²) in [5.74, 6) is 1.88. The second-order valence-electron chi connectivity index (χ2n) is 7.82. The first-order valence-corrected chi connectivity index (χ1v) is 10.7. The van der Waals surface area contributed by atoms with Crippen LogP contribution in [0.1, 0.15) is 22.3 Å². The van der Waals surface area contributed by atoms with Crippen molar-refractivity contribution in [1.29, 1.82) is 10.5 Å². The molecule has 1 aliphatic heterocycles. The molecule has 0 bridgehead atoms. The highest BCUT2D eigenvalue weighted by atomic mass is 16.5. The largest absolute Gasteiger partial charge is 0.473 e. The van der Waals surface area contributed by atoms with Crippen molar-refractivity contribution in [2.24, 2.45) is 7.05 Å². The molecular formula is C25H23N5O4. The molecule has 0 aliphatic carbocycles. The first kappa shape index (κ1) is 22.8. The molecule has 34 heavy (non-hydrogen) atoms. The molecule has 0 amide bonds. The van der Waals surface area contributed by atoms with E-state index in [1.165, 1.54) is 4.57 Å². The summed E-state index contributed by atoms with van der Waals surface area (Å²) in [6.45, 7) is 4.52. The van der Waals surface area contributed by atoms with Gasteiger partial charge in [-0.1, -0.05) is 6.07 Å². The van der Waals surface area contributed by atoms with Gasteiger partial charge in [-0.05, 0) is 48.4 Å². The van der Waals surface area contributed by atoms with Gasteiger partial charge in [0.2, 0.25) is 5.88 Å². The summed E-state index contributed by atoms with van der Waals surface area (Å²) in [6, 6.07) is 16.3. The Kier molecular flexibility index (Phi) is 6.77. The minimum Gasteiger partial charge on any atom is -0.473 e. The Hall–Kier alpha value is -4.34. The van der Waals surface area contributed by atoms with Crippen molar-refractivity contribution in [3.05, 3.63) is 75.2 Å². The molecule has 0 atom stereocenters. The Labute approximate surface area is 197 Å². The summed E-state index contributed by atoms with van der Waals surface area (Å²) in [7, 11) is 1.68. The molecule has 9 heteroatoms. The van der Waals surface area contributed by atoms with E-state index in [-0.39, 0.29) is 12.5 Å². The monoisotopic (exact) mass is 457 g/mol. The lowest BCUT2D eigenvalue weighted by Gasteiger charge is -2.29. The number of anilines is 1. The van der Waals surface area contributed by atoms with Crippen LogP contribution in [-0.2, 0) is 18.4 Å². The lowest BCUT2D eigenvalue weighted by atomic mass is 10.1. The lowest BCUT2D eigenvalue weighted by molar-refractivity contribution is 0.122. The number of rotatable bonds is 6. The summed E-state index contributed by atoms with van der Waals surface area (Å²) >= 11 is 0. The van der Waals surface area contributed by atoms with Crippen LogP contribution >= 0.6 is 0 Å². The number of nitrogens with zero attached hydrogens (tertiary/aromatic N) is 5. The number of aryl methyl sites for hydroxylation is 1. The number of morpholine rings is 1. The summed E-state index contributed by atoms with van der Waals surface area (Å²) in [5.41, 5.74) is 2.03.